The van der Waals surface area contributed by atoms with Crippen molar-refractivity contribution in [3.05, 3.63) is 28.3 Å². The first-order chi connectivity index (χ1) is 9.25. The van der Waals surface area contributed by atoms with Gasteiger partial charge in [0, 0.05) is 19.2 Å². The number of rotatable bonds is 6. The monoisotopic (exact) mass is 302 g/mol. The van der Waals surface area contributed by atoms with Gasteiger partial charge in [0.15, 0.2) is 0 Å². The Labute approximate surface area is 117 Å². The molecule has 0 spiro atoms. The van der Waals surface area contributed by atoms with Crippen molar-refractivity contribution in [2.45, 2.75) is 31.2 Å². The number of benzene rings is 1. The van der Waals surface area contributed by atoms with Crippen molar-refractivity contribution in [1.29, 1.82) is 0 Å². The molecule has 0 aromatic heterocycles. The summed E-state index contributed by atoms with van der Waals surface area (Å²) in [4.78, 5) is 10.1. The summed E-state index contributed by atoms with van der Waals surface area (Å²) in [6, 6.07) is 3.36. The van der Waals surface area contributed by atoms with Crippen molar-refractivity contribution in [1.82, 2.24) is 4.31 Å². The Kier molecular flexibility index (Phi) is 5.03. The highest BCUT2D eigenvalue weighted by Crippen LogP contribution is 2.28. The Morgan fingerprint density at radius 1 is 1.50 bits per heavy atom. The van der Waals surface area contributed by atoms with Crippen molar-refractivity contribution in [3.8, 4) is 0 Å². The quantitative estimate of drug-likeness (QED) is 0.464. The van der Waals surface area contributed by atoms with E-state index in [1.165, 1.54) is 23.5 Å². The second-order valence-electron chi connectivity index (χ2n) is 4.36. The fourth-order valence-electron chi connectivity index (χ4n) is 1.61. The standard InChI is InChI=1S/C11H18N4O4S/c1-4-8(2)14(3)20(18,19)9-5-6-10(13-12)11(7-9)15(16)17/h5-8,13H,4,12H2,1-3H3. The summed E-state index contributed by atoms with van der Waals surface area (Å²) < 4.78 is 25.9. The molecule has 1 rings (SSSR count). The Bertz CT molecular complexity index is 602. The number of nitrogens with zero attached hydrogens (tertiary/aromatic N) is 2. The molecule has 1 aromatic carbocycles. The molecule has 112 valence electrons. The number of nitro benzene ring substituents is 1. The number of nitro groups is 1. The lowest BCUT2D eigenvalue weighted by molar-refractivity contribution is -0.384. The molecule has 9 heteroatoms. The minimum absolute atomic E-state index is 0.0557. The lowest BCUT2D eigenvalue weighted by atomic mass is 10.3. The van der Waals surface area contributed by atoms with Gasteiger partial charge in [0.25, 0.3) is 5.69 Å². The summed E-state index contributed by atoms with van der Waals surface area (Å²) in [6.45, 7) is 3.63. The number of anilines is 1. The Morgan fingerprint density at radius 3 is 2.55 bits per heavy atom. The molecule has 0 aliphatic carbocycles. The van der Waals surface area contributed by atoms with Crippen molar-refractivity contribution in [2.24, 2.45) is 5.84 Å². The summed E-state index contributed by atoms with van der Waals surface area (Å²) in [7, 11) is -2.32. The number of nitrogens with two attached hydrogens (primary N) is 1. The van der Waals surface area contributed by atoms with E-state index >= 15 is 0 Å². The molecule has 0 saturated carbocycles. The molecule has 0 amide bonds. The maximum Gasteiger partial charge on any atom is 0.294 e. The molecule has 0 heterocycles. The zero-order chi connectivity index (χ0) is 15.5. The fourth-order valence-corrected chi connectivity index (χ4v) is 3.06. The predicted molar refractivity (Wildman–Crippen MR) is 75.6 cm³/mol. The third kappa shape index (κ3) is 3.06. The maximum absolute atomic E-state index is 12.4. The molecular weight excluding hydrogens is 284 g/mol. The van der Waals surface area contributed by atoms with Gasteiger partial charge < -0.3 is 5.43 Å². The third-order valence-corrected chi connectivity index (χ3v) is 5.18. The van der Waals surface area contributed by atoms with Crippen LogP contribution in [-0.4, -0.2) is 30.7 Å². The molecule has 20 heavy (non-hydrogen) atoms. The van der Waals surface area contributed by atoms with E-state index in [1.807, 2.05) is 6.92 Å². The van der Waals surface area contributed by atoms with Gasteiger partial charge in [-0.15, -0.1) is 0 Å². The minimum atomic E-state index is -3.77. The summed E-state index contributed by atoms with van der Waals surface area (Å²) in [5, 5.41) is 10.9. The molecule has 0 fully saturated rings. The van der Waals surface area contributed by atoms with Gasteiger partial charge in [-0.25, -0.2) is 8.42 Å². The van der Waals surface area contributed by atoms with E-state index in [-0.39, 0.29) is 22.3 Å². The van der Waals surface area contributed by atoms with Crippen LogP contribution in [0.2, 0.25) is 0 Å². The highest BCUT2D eigenvalue weighted by Gasteiger charge is 2.27. The summed E-state index contributed by atoms with van der Waals surface area (Å²) >= 11 is 0. The average molecular weight is 302 g/mol. The average Bonchev–Trinajstić information content (AvgIpc) is 2.44. The maximum atomic E-state index is 12.4. The topological polar surface area (TPSA) is 119 Å². The Morgan fingerprint density at radius 2 is 2.10 bits per heavy atom. The van der Waals surface area contributed by atoms with Crippen LogP contribution in [-0.2, 0) is 10.0 Å². The number of nitrogens with one attached hydrogen (secondary N) is 1. The second-order valence-corrected chi connectivity index (χ2v) is 6.36. The van der Waals surface area contributed by atoms with Crippen LogP contribution in [0.4, 0.5) is 11.4 Å². The highest BCUT2D eigenvalue weighted by atomic mass is 32.2. The lowest BCUT2D eigenvalue weighted by Gasteiger charge is -2.23. The van der Waals surface area contributed by atoms with Gasteiger partial charge in [0.2, 0.25) is 10.0 Å². The minimum Gasteiger partial charge on any atom is -0.318 e. The van der Waals surface area contributed by atoms with Gasteiger partial charge >= 0.3 is 0 Å². The SMILES string of the molecule is CCC(C)N(C)S(=O)(=O)c1ccc(NN)c([N+](=O)[O-])c1. The molecule has 0 aliphatic rings. The molecule has 0 bridgehead atoms. The first-order valence-corrected chi connectivity index (χ1v) is 7.42. The van der Waals surface area contributed by atoms with Crippen LogP contribution in [0.15, 0.2) is 23.1 Å². The van der Waals surface area contributed by atoms with Gasteiger partial charge in [-0.3, -0.25) is 16.0 Å². The van der Waals surface area contributed by atoms with E-state index in [4.69, 9.17) is 5.84 Å². The zero-order valence-corrected chi connectivity index (χ0v) is 12.3. The molecule has 0 aliphatic heterocycles. The van der Waals surface area contributed by atoms with Crippen LogP contribution in [0.5, 0.6) is 0 Å². The smallest absolute Gasteiger partial charge is 0.294 e. The van der Waals surface area contributed by atoms with Crippen LogP contribution in [0, 0.1) is 10.1 Å². The van der Waals surface area contributed by atoms with E-state index in [0.29, 0.717) is 6.42 Å². The van der Waals surface area contributed by atoms with E-state index in [9.17, 15) is 18.5 Å². The summed E-state index contributed by atoms with van der Waals surface area (Å²) in [5.74, 6) is 5.16. The number of hydrazine groups is 1. The van der Waals surface area contributed by atoms with E-state index < -0.39 is 14.9 Å². The molecule has 1 atom stereocenters. The van der Waals surface area contributed by atoms with Gasteiger partial charge in [0.1, 0.15) is 5.69 Å². The molecule has 3 N–H and O–H groups in total. The van der Waals surface area contributed by atoms with Crippen molar-refractivity contribution >= 4 is 21.4 Å². The van der Waals surface area contributed by atoms with E-state index in [0.717, 1.165) is 6.07 Å². The van der Waals surface area contributed by atoms with Gasteiger partial charge in [-0.2, -0.15) is 4.31 Å². The van der Waals surface area contributed by atoms with Crippen LogP contribution in [0.1, 0.15) is 20.3 Å². The van der Waals surface area contributed by atoms with Crippen molar-refractivity contribution in [3.63, 3.8) is 0 Å². The molecule has 0 radical (unpaired) electrons. The number of hydrogen-bond donors (Lipinski definition) is 2. The summed E-state index contributed by atoms with van der Waals surface area (Å²) in [6.07, 6.45) is 0.639. The van der Waals surface area contributed by atoms with Crippen LogP contribution in [0.25, 0.3) is 0 Å². The Balaban J connectivity index is 3.33. The molecular formula is C11H18N4O4S. The third-order valence-electron chi connectivity index (χ3n) is 3.21. The first-order valence-electron chi connectivity index (χ1n) is 5.98. The predicted octanol–water partition coefficient (Wildman–Crippen LogP) is 1.30. The lowest BCUT2D eigenvalue weighted by Crippen LogP contribution is -2.34. The van der Waals surface area contributed by atoms with Gasteiger partial charge in [-0.05, 0) is 25.5 Å². The van der Waals surface area contributed by atoms with Crippen LogP contribution < -0.4 is 11.3 Å². The molecule has 1 aromatic rings. The van der Waals surface area contributed by atoms with Gasteiger partial charge in [-0.1, -0.05) is 6.92 Å². The first kappa shape index (κ1) is 16.3. The number of nitrogen functional groups attached to an aromatic ring is 1. The van der Waals surface area contributed by atoms with Crippen molar-refractivity contribution < 1.29 is 13.3 Å². The normalized spacial score (nSPS) is 13.2. The second kappa shape index (κ2) is 6.16. The van der Waals surface area contributed by atoms with E-state index in [1.54, 1.807) is 6.92 Å². The highest BCUT2D eigenvalue weighted by molar-refractivity contribution is 7.89. The van der Waals surface area contributed by atoms with Crippen LogP contribution in [0.3, 0.4) is 0 Å². The largest absolute Gasteiger partial charge is 0.318 e. The molecule has 1 unspecified atom stereocenters. The zero-order valence-electron chi connectivity index (χ0n) is 11.5. The summed E-state index contributed by atoms with van der Waals surface area (Å²) in [5.41, 5.74) is 1.84. The van der Waals surface area contributed by atoms with Gasteiger partial charge in [0.05, 0.1) is 9.82 Å². The number of sulfonamides is 1. The van der Waals surface area contributed by atoms with Crippen molar-refractivity contribution in [2.75, 3.05) is 12.5 Å². The van der Waals surface area contributed by atoms with E-state index in [2.05, 4.69) is 5.43 Å². The Hall–Kier alpha value is -1.71. The number of hydrogen-bond acceptors (Lipinski definition) is 6. The fraction of sp³-hybridized carbons (Fsp3) is 0.455. The van der Waals surface area contributed by atoms with Crippen LogP contribution >= 0.6 is 0 Å². The molecule has 8 nitrogen and oxygen atoms in total. The molecule has 0 saturated heterocycles.